The van der Waals surface area contributed by atoms with Crippen LogP contribution >= 0.6 is 0 Å². The van der Waals surface area contributed by atoms with E-state index in [9.17, 15) is 4.79 Å². The molecule has 5 nitrogen and oxygen atoms in total. The van der Waals surface area contributed by atoms with Crippen molar-refractivity contribution in [3.05, 3.63) is 28.3 Å². The molecule has 0 fully saturated rings. The molecule has 1 N–H and O–H groups in total. The number of hydrogen-bond acceptors (Lipinski definition) is 3. The Labute approximate surface area is 80.8 Å². The molecular formula is C9H12N4O. The van der Waals surface area contributed by atoms with Gasteiger partial charge in [-0.2, -0.15) is 4.52 Å². The monoisotopic (exact) mass is 192 g/mol. The smallest absolute Gasteiger partial charge is 0.295 e. The minimum atomic E-state index is -0.281. The van der Waals surface area contributed by atoms with Crippen molar-refractivity contribution in [2.24, 2.45) is 0 Å². The van der Waals surface area contributed by atoms with Crippen molar-refractivity contribution in [1.29, 1.82) is 0 Å². The van der Waals surface area contributed by atoms with Gasteiger partial charge in [0.05, 0.1) is 0 Å². The Morgan fingerprint density at radius 1 is 1.36 bits per heavy atom. The molecule has 2 aromatic rings. The third-order valence-corrected chi connectivity index (χ3v) is 2.03. The number of rotatable bonds is 0. The van der Waals surface area contributed by atoms with E-state index >= 15 is 0 Å². The predicted molar refractivity (Wildman–Crippen MR) is 52.3 cm³/mol. The summed E-state index contributed by atoms with van der Waals surface area (Å²) in [6.07, 6.45) is 1.66. The lowest BCUT2D eigenvalue weighted by molar-refractivity contribution is 0.542. The van der Waals surface area contributed by atoms with E-state index < -0.39 is 0 Å². The number of hydrogen-bond donors (Lipinski definition) is 1. The largest absolute Gasteiger partial charge is 0.297 e. The Morgan fingerprint density at radius 3 is 2.71 bits per heavy atom. The summed E-state index contributed by atoms with van der Waals surface area (Å²) >= 11 is 0. The second-order valence-electron chi connectivity index (χ2n) is 4.26. The van der Waals surface area contributed by atoms with Crippen LogP contribution in [-0.4, -0.2) is 19.8 Å². The van der Waals surface area contributed by atoms with E-state index in [1.807, 2.05) is 20.8 Å². The van der Waals surface area contributed by atoms with Gasteiger partial charge in [-0.15, -0.1) is 10.2 Å². The van der Waals surface area contributed by atoms with Gasteiger partial charge in [-0.3, -0.25) is 9.89 Å². The summed E-state index contributed by atoms with van der Waals surface area (Å²) in [7, 11) is 0. The Hall–Kier alpha value is -1.65. The minimum absolute atomic E-state index is 0.132. The summed E-state index contributed by atoms with van der Waals surface area (Å²) in [5.74, 6) is 0. The Morgan fingerprint density at radius 2 is 2.07 bits per heavy atom. The average molecular weight is 192 g/mol. The third-order valence-electron chi connectivity index (χ3n) is 2.03. The molecule has 0 saturated carbocycles. The fourth-order valence-electron chi connectivity index (χ4n) is 1.29. The van der Waals surface area contributed by atoms with Crippen LogP contribution in [0.25, 0.3) is 5.65 Å². The Kier molecular flexibility index (Phi) is 1.70. The number of aromatic amines is 1. The molecule has 5 heteroatoms. The second-order valence-corrected chi connectivity index (χ2v) is 4.26. The molecule has 0 aliphatic heterocycles. The van der Waals surface area contributed by atoms with Crippen LogP contribution in [0.3, 0.4) is 0 Å². The molecule has 0 aliphatic carbocycles. The first kappa shape index (κ1) is 8.93. The molecule has 0 atom stereocenters. The number of nitrogens with one attached hydrogen (secondary N) is 1. The lowest BCUT2D eigenvalue weighted by Crippen LogP contribution is -2.30. The number of aromatic nitrogens is 4. The zero-order chi connectivity index (χ0) is 10.3. The first-order valence-electron chi connectivity index (χ1n) is 4.43. The molecule has 14 heavy (non-hydrogen) atoms. The van der Waals surface area contributed by atoms with E-state index in [4.69, 9.17) is 0 Å². The van der Waals surface area contributed by atoms with Crippen LogP contribution < -0.4 is 5.56 Å². The topological polar surface area (TPSA) is 63.1 Å². The number of H-pyrrole nitrogens is 1. The van der Waals surface area contributed by atoms with E-state index in [-0.39, 0.29) is 11.0 Å². The zero-order valence-corrected chi connectivity index (χ0v) is 8.40. The lowest BCUT2D eigenvalue weighted by atomic mass is 9.93. The summed E-state index contributed by atoms with van der Waals surface area (Å²) in [5.41, 5.74) is 0.601. The molecule has 0 amide bonds. The van der Waals surface area contributed by atoms with Gasteiger partial charge < -0.3 is 0 Å². The molecule has 0 spiro atoms. The first-order chi connectivity index (χ1) is 6.50. The molecule has 2 aromatic heterocycles. The third kappa shape index (κ3) is 1.21. The summed E-state index contributed by atoms with van der Waals surface area (Å²) < 4.78 is 1.40. The van der Waals surface area contributed by atoms with Crippen molar-refractivity contribution in [3.8, 4) is 0 Å². The van der Waals surface area contributed by atoms with Gasteiger partial charge in [0.15, 0.2) is 5.65 Å². The standard InChI is InChI=1S/C9H12N4O/c1-9(2,3)7-8(14)13-6(11-12-7)4-5-10-13/h4-5,10H,1-3H3. The number of nitrogens with zero attached hydrogens (tertiary/aromatic N) is 3. The fraction of sp³-hybridized carbons (Fsp3) is 0.444. The molecule has 0 radical (unpaired) electrons. The van der Waals surface area contributed by atoms with Gasteiger partial charge in [-0.05, 0) is 0 Å². The van der Waals surface area contributed by atoms with Crippen LogP contribution in [0.2, 0.25) is 0 Å². The molecule has 2 heterocycles. The van der Waals surface area contributed by atoms with E-state index in [0.717, 1.165) is 0 Å². The van der Waals surface area contributed by atoms with Gasteiger partial charge in [-0.25, -0.2) is 0 Å². The van der Waals surface area contributed by atoms with Gasteiger partial charge in [0.25, 0.3) is 5.56 Å². The van der Waals surface area contributed by atoms with Crippen molar-refractivity contribution in [2.45, 2.75) is 26.2 Å². The van der Waals surface area contributed by atoms with Crippen LogP contribution in [0, 0.1) is 0 Å². The van der Waals surface area contributed by atoms with E-state index in [0.29, 0.717) is 11.3 Å². The molecule has 0 bridgehead atoms. The summed E-state index contributed by atoms with van der Waals surface area (Å²) in [6, 6.07) is 1.71. The highest BCUT2D eigenvalue weighted by molar-refractivity contribution is 5.34. The first-order valence-corrected chi connectivity index (χ1v) is 4.43. The summed E-state index contributed by atoms with van der Waals surface area (Å²) in [6.45, 7) is 5.81. The van der Waals surface area contributed by atoms with Gasteiger partial charge in [0.1, 0.15) is 5.69 Å². The highest BCUT2D eigenvalue weighted by atomic mass is 16.1. The Bertz CT molecular complexity index is 517. The Balaban J connectivity index is 2.81. The van der Waals surface area contributed by atoms with Crippen LogP contribution in [0.4, 0.5) is 0 Å². The SMILES string of the molecule is CC(C)(C)c1nnc2cc[nH]n2c1=O. The van der Waals surface area contributed by atoms with Crippen molar-refractivity contribution < 1.29 is 0 Å². The maximum atomic E-state index is 11.9. The molecule has 0 aliphatic rings. The van der Waals surface area contributed by atoms with Crippen molar-refractivity contribution in [1.82, 2.24) is 19.8 Å². The van der Waals surface area contributed by atoms with Gasteiger partial charge in [0, 0.05) is 17.7 Å². The van der Waals surface area contributed by atoms with Crippen molar-refractivity contribution in [3.63, 3.8) is 0 Å². The minimum Gasteiger partial charge on any atom is -0.297 e. The average Bonchev–Trinajstić information content (AvgIpc) is 2.50. The number of fused-ring (bicyclic) bond motifs is 1. The quantitative estimate of drug-likeness (QED) is 0.668. The van der Waals surface area contributed by atoms with E-state index in [1.54, 1.807) is 12.3 Å². The molecule has 74 valence electrons. The zero-order valence-electron chi connectivity index (χ0n) is 8.40. The normalized spacial score (nSPS) is 12.2. The van der Waals surface area contributed by atoms with E-state index in [1.165, 1.54) is 4.52 Å². The maximum Gasteiger partial charge on any atom is 0.295 e. The highest BCUT2D eigenvalue weighted by Gasteiger charge is 2.21. The predicted octanol–water partition coefficient (Wildman–Crippen LogP) is 0.715. The van der Waals surface area contributed by atoms with Crippen LogP contribution in [0.1, 0.15) is 26.5 Å². The van der Waals surface area contributed by atoms with Crippen molar-refractivity contribution >= 4 is 5.65 Å². The maximum absolute atomic E-state index is 11.9. The summed E-state index contributed by atoms with van der Waals surface area (Å²) in [5, 5.41) is 10.7. The fourth-order valence-corrected chi connectivity index (χ4v) is 1.29. The lowest BCUT2D eigenvalue weighted by Gasteiger charge is -2.14. The van der Waals surface area contributed by atoms with Crippen molar-refractivity contribution in [2.75, 3.05) is 0 Å². The van der Waals surface area contributed by atoms with Crippen LogP contribution in [0.15, 0.2) is 17.1 Å². The molecule has 0 aromatic carbocycles. The molecule has 2 rings (SSSR count). The molecule has 0 unspecified atom stereocenters. The van der Waals surface area contributed by atoms with Gasteiger partial charge in [-0.1, -0.05) is 20.8 Å². The van der Waals surface area contributed by atoms with Gasteiger partial charge in [0.2, 0.25) is 0 Å². The summed E-state index contributed by atoms with van der Waals surface area (Å²) in [4.78, 5) is 11.9. The molecular weight excluding hydrogens is 180 g/mol. The van der Waals surface area contributed by atoms with Crippen LogP contribution in [0.5, 0.6) is 0 Å². The highest BCUT2D eigenvalue weighted by Crippen LogP contribution is 2.15. The molecule has 0 saturated heterocycles. The van der Waals surface area contributed by atoms with E-state index in [2.05, 4.69) is 15.3 Å². The second kappa shape index (κ2) is 2.67. The van der Waals surface area contributed by atoms with Gasteiger partial charge >= 0.3 is 0 Å². The van der Waals surface area contributed by atoms with Crippen LogP contribution in [-0.2, 0) is 5.41 Å².